The average molecular weight is 314 g/mol. The summed E-state index contributed by atoms with van der Waals surface area (Å²) in [5.41, 5.74) is 12.5. The van der Waals surface area contributed by atoms with Gasteiger partial charge in [0, 0.05) is 4.70 Å². The summed E-state index contributed by atoms with van der Waals surface area (Å²) in [6.07, 6.45) is 0. The van der Waals surface area contributed by atoms with Crippen LogP contribution in [0.5, 0.6) is 0 Å². The molecule has 0 fully saturated rings. The van der Waals surface area contributed by atoms with E-state index in [0.717, 1.165) is 26.2 Å². The molecule has 0 atom stereocenters. The van der Waals surface area contributed by atoms with Crippen molar-refractivity contribution >= 4 is 39.2 Å². The van der Waals surface area contributed by atoms with E-state index in [1.807, 2.05) is 31.2 Å². The van der Waals surface area contributed by atoms with Gasteiger partial charge in [-0.25, -0.2) is 4.79 Å². The molecule has 3 aromatic rings. The number of amides is 3. The van der Waals surface area contributed by atoms with E-state index in [0.29, 0.717) is 0 Å². The minimum Gasteiger partial charge on any atom is -0.365 e. The van der Waals surface area contributed by atoms with Gasteiger partial charge < -0.3 is 16.5 Å². The highest BCUT2D eigenvalue weighted by Gasteiger charge is 2.18. The number of carbonyl (C=O) groups is 2. The molecule has 0 aliphatic carbocycles. The van der Waals surface area contributed by atoms with Crippen molar-refractivity contribution in [3.63, 3.8) is 0 Å². The first kappa shape index (κ1) is 14.2. The molecule has 7 heteroatoms. The molecular weight excluding hydrogens is 300 g/mol. The smallest absolute Gasteiger partial charge is 0.317 e. The van der Waals surface area contributed by atoms with Gasteiger partial charge in [0.25, 0.3) is 5.91 Å². The van der Waals surface area contributed by atoms with Crippen molar-refractivity contribution < 1.29 is 9.59 Å². The van der Waals surface area contributed by atoms with Crippen molar-refractivity contribution in [1.29, 1.82) is 0 Å². The van der Waals surface area contributed by atoms with Crippen molar-refractivity contribution in [2.75, 3.05) is 5.32 Å². The number of hydrogen-bond acceptors (Lipinski definition) is 3. The minimum atomic E-state index is -0.760. The molecule has 2 aromatic heterocycles. The number of benzene rings is 1. The van der Waals surface area contributed by atoms with Crippen LogP contribution in [0.15, 0.2) is 30.3 Å². The Labute approximate surface area is 130 Å². The van der Waals surface area contributed by atoms with Crippen LogP contribution < -0.4 is 16.8 Å². The molecule has 0 aliphatic rings. The summed E-state index contributed by atoms with van der Waals surface area (Å²) in [5.74, 6) is -0.420. The Morgan fingerprint density at radius 3 is 2.59 bits per heavy atom. The van der Waals surface area contributed by atoms with Crippen LogP contribution in [0.3, 0.4) is 0 Å². The number of nitrogens with one attached hydrogen (secondary N) is 2. The lowest BCUT2D eigenvalue weighted by atomic mass is 10.1. The molecule has 6 N–H and O–H groups in total. The Bertz CT molecular complexity index is 894. The monoisotopic (exact) mass is 314 g/mol. The first-order valence-corrected chi connectivity index (χ1v) is 7.37. The summed E-state index contributed by atoms with van der Waals surface area (Å²) in [7, 11) is 0. The van der Waals surface area contributed by atoms with E-state index in [4.69, 9.17) is 11.5 Å². The van der Waals surface area contributed by atoms with Crippen LogP contribution in [0.25, 0.3) is 20.7 Å². The lowest BCUT2D eigenvalue weighted by Crippen LogP contribution is -2.22. The van der Waals surface area contributed by atoms with Crippen LogP contribution in [-0.4, -0.2) is 16.9 Å². The summed E-state index contributed by atoms with van der Waals surface area (Å²) in [5, 5.41) is 3.54. The number of aromatic amines is 1. The SMILES string of the molecule is Cc1c(-c2cc(C(N)=O)c(NC(N)=O)[nH]2)sc2ccccc12. The number of anilines is 1. The highest BCUT2D eigenvalue weighted by molar-refractivity contribution is 7.22. The third kappa shape index (κ3) is 2.31. The molecule has 112 valence electrons. The number of carbonyl (C=O) groups excluding carboxylic acids is 2. The number of rotatable bonds is 3. The van der Waals surface area contributed by atoms with E-state index in [-0.39, 0.29) is 11.4 Å². The first-order chi connectivity index (χ1) is 10.5. The number of fused-ring (bicyclic) bond motifs is 1. The number of urea groups is 1. The standard InChI is InChI=1S/C15H14N4O2S/c1-7-8-4-2-3-5-11(8)22-12(7)10-6-9(13(16)20)14(18-10)19-15(17)21/h2-6,18H,1H3,(H2,16,20)(H3,17,19,21). The molecule has 0 unspecified atom stereocenters. The fourth-order valence-electron chi connectivity index (χ4n) is 2.42. The highest BCUT2D eigenvalue weighted by atomic mass is 32.1. The van der Waals surface area contributed by atoms with Crippen molar-refractivity contribution in [1.82, 2.24) is 4.98 Å². The van der Waals surface area contributed by atoms with Gasteiger partial charge in [0.1, 0.15) is 5.82 Å². The molecule has 3 amide bonds. The zero-order chi connectivity index (χ0) is 15.9. The van der Waals surface area contributed by atoms with E-state index in [2.05, 4.69) is 10.3 Å². The molecule has 1 aromatic carbocycles. The Morgan fingerprint density at radius 2 is 1.95 bits per heavy atom. The maximum atomic E-state index is 11.5. The average Bonchev–Trinajstić information content (AvgIpc) is 3.01. The minimum absolute atomic E-state index is 0.200. The summed E-state index contributed by atoms with van der Waals surface area (Å²) in [4.78, 5) is 26.6. The van der Waals surface area contributed by atoms with Crippen molar-refractivity contribution in [3.8, 4) is 10.6 Å². The number of hydrogen-bond donors (Lipinski definition) is 4. The van der Waals surface area contributed by atoms with E-state index in [1.165, 1.54) is 0 Å². The third-order valence-corrected chi connectivity index (χ3v) is 4.73. The van der Waals surface area contributed by atoms with Gasteiger partial charge in [-0.05, 0) is 30.0 Å². The lowest BCUT2D eigenvalue weighted by molar-refractivity contribution is 0.100. The molecule has 3 rings (SSSR count). The van der Waals surface area contributed by atoms with Gasteiger partial charge in [0.2, 0.25) is 0 Å². The van der Waals surface area contributed by atoms with Gasteiger partial charge in [0.05, 0.1) is 16.1 Å². The summed E-state index contributed by atoms with van der Waals surface area (Å²) >= 11 is 1.60. The van der Waals surface area contributed by atoms with Crippen LogP contribution >= 0.6 is 11.3 Å². The van der Waals surface area contributed by atoms with Crippen molar-refractivity contribution in [3.05, 3.63) is 41.5 Å². The van der Waals surface area contributed by atoms with Gasteiger partial charge in [-0.1, -0.05) is 18.2 Å². The Hall–Kier alpha value is -2.80. The highest BCUT2D eigenvalue weighted by Crippen LogP contribution is 2.38. The molecule has 0 bridgehead atoms. The lowest BCUT2D eigenvalue weighted by Gasteiger charge is -2.00. The second-order valence-corrected chi connectivity index (χ2v) is 5.93. The number of thiophene rings is 1. The van der Waals surface area contributed by atoms with Crippen LogP contribution in [0.2, 0.25) is 0 Å². The fraction of sp³-hybridized carbons (Fsp3) is 0.0667. The van der Waals surface area contributed by atoms with Gasteiger partial charge in [-0.3, -0.25) is 10.1 Å². The van der Waals surface area contributed by atoms with E-state index in [1.54, 1.807) is 17.4 Å². The van der Waals surface area contributed by atoms with E-state index >= 15 is 0 Å². The Morgan fingerprint density at radius 1 is 1.23 bits per heavy atom. The van der Waals surface area contributed by atoms with Gasteiger partial charge in [0.15, 0.2) is 0 Å². The molecule has 0 spiro atoms. The van der Waals surface area contributed by atoms with E-state index in [9.17, 15) is 9.59 Å². The number of aryl methyl sites for hydroxylation is 1. The number of aromatic nitrogens is 1. The Balaban J connectivity index is 2.16. The number of primary amides is 2. The maximum Gasteiger partial charge on any atom is 0.317 e. The maximum absolute atomic E-state index is 11.5. The van der Waals surface area contributed by atoms with Crippen LogP contribution in [0.1, 0.15) is 15.9 Å². The van der Waals surface area contributed by atoms with Gasteiger partial charge in [-0.2, -0.15) is 0 Å². The van der Waals surface area contributed by atoms with Crippen LogP contribution in [0, 0.1) is 6.92 Å². The van der Waals surface area contributed by atoms with Crippen molar-refractivity contribution in [2.45, 2.75) is 6.92 Å². The summed E-state index contributed by atoms with van der Waals surface area (Å²) in [6, 6.07) is 8.92. The fourth-order valence-corrected chi connectivity index (χ4v) is 3.60. The van der Waals surface area contributed by atoms with Gasteiger partial charge >= 0.3 is 6.03 Å². The molecule has 22 heavy (non-hydrogen) atoms. The molecule has 0 saturated heterocycles. The topological polar surface area (TPSA) is 114 Å². The summed E-state index contributed by atoms with van der Waals surface area (Å²) in [6.45, 7) is 2.01. The zero-order valence-electron chi connectivity index (χ0n) is 11.8. The second-order valence-electron chi connectivity index (χ2n) is 4.88. The Kier molecular flexibility index (Phi) is 3.34. The summed E-state index contributed by atoms with van der Waals surface area (Å²) < 4.78 is 1.15. The van der Waals surface area contributed by atoms with Gasteiger partial charge in [-0.15, -0.1) is 11.3 Å². The molecule has 0 radical (unpaired) electrons. The zero-order valence-corrected chi connectivity index (χ0v) is 12.6. The number of nitrogens with two attached hydrogens (primary N) is 2. The quantitative estimate of drug-likeness (QED) is 0.595. The third-order valence-electron chi connectivity index (χ3n) is 3.42. The normalized spacial score (nSPS) is 10.8. The second kappa shape index (κ2) is 5.19. The van der Waals surface area contributed by atoms with Crippen molar-refractivity contribution in [2.24, 2.45) is 11.5 Å². The largest absolute Gasteiger partial charge is 0.365 e. The van der Waals surface area contributed by atoms with Crippen LogP contribution in [-0.2, 0) is 0 Å². The molecule has 0 aliphatic heterocycles. The molecule has 0 saturated carbocycles. The predicted molar refractivity (Wildman–Crippen MR) is 88.1 cm³/mol. The molecule has 6 nitrogen and oxygen atoms in total. The van der Waals surface area contributed by atoms with E-state index < -0.39 is 11.9 Å². The number of H-pyrrole nitrogens is 1. The first-order valence-electron chi connectivity index (χ1n) is 6.55. The van der Waals surface area contributed by atoms with Crippen LogP contribution in [0.4, 0.5) is 10.6 Å². The predicted octanol–water partition coefficient (Wildman–Crippen LogP) is 2.79. The molecule has 2 heterocycles. The molecular formula is C15H14N4O2S.